The largest absolute Gasteiger partial charge is 0.488 e. The smallest absolute Gasteiger partial charge is 0.423 e. The molecule has 82 valence electrons. The fraction of sp³-hybridized carbons (Fsp3) is 0.111. The number of nitrogens with one attached hydrogen (secondary N) is 2. The first kappa shape index (κ1) is 10.7. The highest BCUT2D eigenvalue weighted by Crippen LogP contribution is 2.15. The maximum Gasteiger partial charge on any atom is 0.488 e. The van der Waals surface area contributed by atoms with Gasteiger partial charge in [0.15, 0.2) is 0 Å². The van der Waals surface area contributed by atoms with Crippen molar-refractivity contribution in [2.75, 3.05) is 0 Å². The second-order valence-corrected chi connectivity index (χ2v) is 3.44. The number of imide groups is 1. The number of benzene rings is 1. The molecule has 1 atom stereocenters. The molecule has 0 aromatic heterocycles. The zero-order chi connectivity index (χ0) is 11.7. The van der Waals surface area contributed by atoms with Crippen LogP contribution in [0.25, 0.3) is 0 Å². The summed E-state index contributed by atoms with van der Waals surface area (Å²) >= 11 is 0. The van der Waals surface area contributed by atoms with Crippen molar-refractivity contribution in [2.24, 2.45) is 0 Å². The predicted molar refractivity (Wildman–Crippen MR) is 55.7 cm³/mol. The molecule has 2 rings (SSSR count). The van der Waals surface area contributed by atoms with Crippen LogP contribution < -0.4 is 16.1 Å². The lowest BCUT2D eigenvalue weighted by Crippen LogP contribution is -2.30. The Morgan fingerprint density at radius 2 is 1.75 bits per heavy atom. The summed E-state index contributed by atoms with van der Waals surface area (Å²) in [5.41, 5.74) is 0.918. The van der Waals surface area contributed by atoms with Crippen LogP contribution in [0.2, 0.25) is 0 Å². The highest BCUT2D eigenvalue weighted by Gasteiger charge is 2.30. The first-order valence-corrected chi connectivity index (χ1v) is 4.65. The Kier molecular flexibility index (Phi) is 2.63. The standard InChI is InChI=1S/C9H9BN2O4/c13-8-7(11-9(14)12-8)5-1-3-6(4-2-5)10(15)16/h1-4,7,15-16H,(H2,11,12,13,14)/t7-/m1/s1. The minimum absolute atomic E-state index is 0.327. The van der Waals surface area contributed by atoms with Gasteiger partial charge in [0.1, 0.15) is 6.04 Å². The van der Waals surface area contributed by atoms with Crippen LogP contribution in [0.5, 0.6) is 0 Å². The molecule has 4 N–H and O–H groups in total. The molecule has 1 fully saturated rings. The maximum atomic E-state index is 11.3. The lowest BCUT2D eigenvalue weighted by atomic mass is 9.80. The molecule has 0 spiro atoms. The van der Waals surface area contributed by atoms with Crippen molar-refractivity contribution in [3.05, 3.63) is 29.8 Å². The topological polar surface area (TPSA) is 98.7 Å². The molecule has 1 aromatic rings. The van der Waals surface area contributed by atoms with E-state index in [2.05, 4.69) is 10.6 Å². The van der Waals surface area contributed by atoms with Crippen LogP contribution >= 0.6 is 0 Å². The van der Waals surface area contributed by atoms with E-state index in [0.29, 0.717) is 11.0 Å². The summed E-state index contributed by atoms with van der Waals surface area (Å²) in [6.45, 7) is 0. The molecule has 0 unspecified atom stereocenters. The SMILES string of the molecule is O=C1NC(=O)[C@@H](c2ccc(B(O)O)cc2)N1. The van der Waals surface area contributed by atoms with Gasteiger partial charge in [-0.1, -0.05) is 24.3 Å². The Morgan fingerprint density at radius 1 is 1.12 bits per heavy atom. The van der Waals surface area contributed by atoms with Gasteiger partial charge in [0.25, 0.3) is 5.91 Å². The Morgan fingerprint density at radius 3 is 2.19 bits per heavy atom. The molecule has 0 aliphatic carbocycles. The number of amides is 3. The van der Waals surface area contributed by atoms with Gasteiger partial charge in [0.2, 0.25) is 0 Å². The Hall–Kier alpha value is -1.86. The van der Waals surface area contributed by atoms with Crippen molar-refractivity contribution in [1.82, 2.24) is 10.6 Å². The Balaban J connectivity index is 2.22. The zero-order valence-corrected chi connectivity index (χ0v) is 8.18. The van der Waals surface area contributed by atoms with E-state index in [1.807, 2.05) is 0 Å². The molecule has 3 amide bonds. The van der Waals surface area contributed by atoms with Gasteiger partial charge < -0.3 is 15.4 Å². The predicted octanol–water partition coefficient (Wildman–Crippen LogP) is -1.75. The quantitative estimate of drug-likeness (QED) is 0.350. The van der Waals surface area contributed by atoms with E-state index in [0.717, 1.165) is 0 Å². The third-order valence-corrected chi connectivity index (χ3v) is 2.34. The molecule has 1 heterocycles. The molecule has 1 saturated heterocycles. The molecule has 0 saturated carbocycles. The van der Waals surface area contributed by atoms with Gasteiger partial charge in [-0.15, -0.1) is 0 Å². The van der Waals surface area contributed by atoms with Gasteiger partial charge in [-0.05, 0) is 11.0 Å². The van der Waals surface area contributed by atoms with E-state index in [9.17, 15) is 9.59 Å². The van der Waals surface area contributed by atoms with E-state index in [1.54, 1.807) is 12.1 Å². The molecule has 1 aliphatic rings. The van der Waals surface area contributed by atoms with Crippen LogP contribution in [0.3, 0.4) is 0 Å². The molecule has 16 heavy (non-hydrogen) atoms. The van der Waals surface area contributed by atoms with Crippen molar-refractivity contribution in [3.63, 3.8) is 0 Å². The van der Waals surface area contributed by atoms with Crippen molar-refractivity contribution in [1.29, 1.82) is 0 Å². The van der Waals surface area contributed by atoms with Gasteiger partial charge in [-0.25, -0.2) is 4.79 Å². The van der Waals surface area contributed by atoms with Crippen molar-refractivity contribution in [2.45, 2.75) is 6.04 Å². The number of hydrogen-bond donors (Lipinski definition) is 4. The van der Waals surface area contributed by atoms with Gasteiger partial charge in [0, 0.05) is 0 Å². The highest BCUT2D eigenvalue weighted by atomic mass is 16.4. The summed E-state index contributed by atoms with van der Waals surface area (Å²) in [6.07, 6.45) is 0. The van der Waals surface area contributed by atoms with Crippen LogP contribution in [0.15, 0.2) is 24.3 Å². The third kappa shape index (κ3) is 1.90. The summed E-state index contributed by atoms with van der Waals surface area (Å²) in [4.78, 5) is 22.2. The van der Waals surface area contributed by atoms with Crippen LogP contribution in [-0.4, -0.2) is 29.1 Å². The Labute approximate surface area is 91.4 Å². The molecule has 6 nitrogen and oxygen atoms in total. The lowest BCUT2D eigenvalue weighted by Gasteiger charge is -2.08. The van der Waals surface area contributed by atoms with Gasteiger partial charge in [0.05, 0.1) is 0 Å². The summed E-state index contributed by atoms with van der Waals surface area (Å²) in [5, 5.41) is 22.3. The number of rotatable bonds is 2. The summed E-state index contributed by atoms with van der Waals surface area (Å²) in [5.74, 6) is -0.415. The monoisotopic (exact) mass is 220 g/mol. The van der Waals surface area contributed by atoms with E-state index in [-0.39, 0.29) is 0 Å². The van der Waals surface area contributed by atoms with E-state index >= 15 is 0 Å². The van der Waals surface area contributed by atoms with Crippen molar-refractivity contribution >= 4 is 24.5 Å². The lowest BCUT2D eigenvalue weighted by molar-refractivity contribution is -0.120. The third-order valence-electron chi connectivity index (χ3n) is 2.34. The minimum Gasteiger partial charge on any atom is -0.423 e. The molecular weight excluding hydrogens is 211 g/mol. The van der Waals surface area contributed by atoms with E-state index < -0.39 is 25.1 Å². The summed E-state index contributed by atoms with van der Waals surface area (Å²) in [6, 6.07) is 4.85. The normalized spacial score (nSPS) is 19.2. The fourth-order valence-corrected chi connectivity index (χ4v) is 1.51. The number of urea groups is 1. The fourth-order valence-electron chi connectivity index (χ4n) is 1.51. The first-order valence-electron chi connectivity index (χ1n) is 4.65. The van der Waals surface area contributed by atoms with Crippen LogP contribution in [-0.2, 0) is 4.79 Å². The van der Waals surface area contributed by atoms with E-state index in [4.69, 9.17) is 10.0 Å². The van der Waals surface area contributed by atoms with Gasteiger partial charge in [-0.3, -0.25) is 10.1 Å². The van der Waals surface area contributed by atoms with E-state index in [1.165, 1.54) is 12.1 Å². The summed E-state index contributed by atoms with van der Waals surface area (Å²) in [7, 11) is -1.54. The molecule has 0 radical (unpaired) electrons. The number of carbonyl (C=O) groups excluding carboxylic acids is 2. The van der Waals surface area contributed by atoms with Gasteiger partial charge >= 0.3 is 13.1 Å². The van der Waals surface area contributed by atoms with Crippen LogP contribution in [0.1, 0.15) is 11.6 Å². The molecule has 7 heteroatoms. The maximum absolute atomic E-state index is 11.3. The zero-order valence-electron chi connectivity index (χ0n) is 8.18. The average Bonchev–Trinajstić information content (AvgIpc) is 2.58. The van der Waals surface area contributed by atoms with Crippen LogP contribution in [0, 0.1) is 0 Å². The first-order chi connectivity index (χ1) is 7.58. The molecule has 1 aromatic carbocycles. The number of hydrogen-bond acceptors (Lipinski definition) is 4. The second kappa shape index (κ2) is 3.95. The second-order valence-electron chi connectivity index (χ2n) is 3.44. The van der Waals surface area contributed by atoms with Gasteiger partial charge in [-0.2, -0.15) is 0 Å². The van der Waals surface area contributed by atoms with Crippen LogP contribution in [0.4, 0.5) is 4.79 Å². The van der Waals surface area contributed by atoms with Crippen molar-refractivity contribution < 1.29 is 19.6 Å². The molecule has 1 aliphatic heterocycles. The minimum atomic E-state index is -1.54. The molecular formula is C9H9BN2O4. The summed E-state index contributed by atoms with van der Waals surface area (Å²) < 4.78 is 0. The Bertz CT molecular complexity index is 432. The van der Waals surface area contributed by atoms with Crippen molar-refractivity contribution in [3.8, 4) is 0 Å². The number of carbonyl (C=O) groups is 2. The highest BCUT2D eigenvalue weighted by molar-refractivity contribution is 6.58. The molecule has 0 bridgehead atoms. The average molecular weight is 220 g/mol.